The summed E-state index contributed by atoms with van der Waals surface area (Å²) >= 11 is 0. The first kappa shape index (κ1) is 34.1. The topological polar surface area (TPSA) is 22.8 Å². The van der Waals surface area contributed by atoms with Crippen molar-refractivity contribution < 1.29 is 0 Å². The number of pyridine rings is 1. The van der Waals surface area contributed by atoms with Gasteiger partial charge >= 0.3 is 0 Å². The summed E-state index contributed by atoms with van der Waals surface area (Å²) in [6.45, 7) is 0. The van der Waals surface area contributed by atoms with E-state index in [2.05, 4.69) is 220 Å². The molecule has 3 heteroatoms. The number of benzene rings is 9. The third kappa shape index (κ3) is 5.48. The van der Waals surface area contributed by atoms with Crippen molar-refractivity contribution in [1.82, 2.24) is 14.1 Å². The summed E-state index contributed by atoms with van der Waals surface area (Å²) in [4.78, 5) is 4.59. The lowest BCUT2D eigenvalue weighted by molar-refractivity contribution is 1.18. The molecule has 0 aliphatic carbocycles. The van der Waals surface area contributed by atoms with Gasteiger partial charge in [-0.05, 0) is 111 Å². The zero-order valence-corrected chi connectivity index (χ0v) is 32.7. The van der Waals surface area contributed by atoms with E-state index in [1.165, 1.54) is 76.6 Å². The number of para-hydroxylation sites is 3. The van der Waals surface area contributed by atoms with Gasteiger partial charge in [-0.1, -0.05) is 146 Å². The highest BCUT2D eigenvalue weighted by Gasteiger charge is 2.19. The van der Waals surface area contributed by atoms with E-state index in [1.54, 1.807) is 0 Å². The van der Waals surface area contributed by atoms with Crippen LogP contribution in [0.3, 0.4) is 0 Å². The molecule has 3 nitrogen and oxygen atoms in total. The number of fused-ring (bicyclic) bond motifs is 8. The Morgan fingerprint density at radius 2 is 0.767 bits per heavy atom. The Morgan fingerprint density at radius 3 is 1.53 bits per heavy atom. The summed E-state index contributed by atoms with van der Waals surface area (Å²) in [5.74, 6) is 0. The summed E-state index contributed by atoms with van der Waals surface area (Å²) < 4.78 is 4.81. The Labute approximate surface area is 347 Å². The molecule has 280 valence electrons. The van der Waals surface area contributed by atoms with E-state index in [9.17, 15) is 0 Å². The zero-order valence-electron chi connectivity index (χ0n) is 32.7. The van der Waals surface area contributed by atoms with Crippen molar-refractivity contribution in [3.63, 3.8) is 0 Å². The van der Waals surface area contributed by atoms with Crippen molar-refractivity contribution in [1.29, 1.82) is 0 Å². The SMILES string of the molecule is c1ccc(-c2cncc(-c3ccc(-n4c5ccccc5c5cc(-c6cccc(-c7cc8c(c9ccccc79)c7ccccc7n8-c7ccccc7)c6)ccc54)cc3)c2)cc1. The lowest BCUT2D eigenvalue weighted by Gasteiger charge is -2.13. The van der Waals surface area contributed by atoms with E-state index in [1.807, 2.05) is 18.5 Å². The molecule has 0 fully saturated rings. The minimum atomic E-state index is 1.10. The summed E-state index contributed by atoms with van der Waals surface area (Å²) in [6, 6.07) is 77.1. The van der Waals surface area contributed by atoms with Crippen LogP contribution in [0, 0.1) is 0 Å². The third-order valence-electron chi connectivity index (χ3n) is 12.2. The number of rotatable bonds is 6. The highest BCUT2D eigenvalue weighted by Crippen LogP contribution is 2.43. The van der Waals surface area contributed by atoms with Crippen LogP contribution >= 0.6 is 0 Å². The second-order valence-corrected chi connectivity index (χ2v) is 15.6. The van der Waals surface area contributed by atoms with Gasteiger partial charge in [-0.2, -0.15) is 0 Å². The molecule has 0 saturated heterocycles. The van der Waals surface area contributed by atoms with Crippen LogP contribution in [0.2, 0.25) is 0 Å². The molecule has 0 N–H and O–H groups in total. The fraction of sp³-hybridized carbons (Fsp3) is 0. The average molecular weight is 764 g/mol. The molecule has 12 rings (SSSR count). The van der Waals surface area contributed by atoms with Crippen LogP contribution in [-0.2, 0) is 0 Å². The van der Waals surface area contributed by atoms with E-state index in [-0.39, 0.29) is 0 Å². The second-order valence-electron chi connectivity index (χ2n) is 15.6. The maximum absolute atomic E-state index is 4.59. The van der Waals surface area contributed by atoms with Crippen molar-refractivity contribution in [3.8, 4) is 55.9 Å². The molecule has 0 aliphatic heterocycles. The van der Waals surface area contributed by atoms with Gasteiger partial charge in [0.25, 0.3) is 0 Å². The van der Waals surface area contributed by atoms with Crippen LogP contribution in [0.15, 0.2) is 225 Å². The molecule has 9 aromatic carbocycles. The lowest BCUT2D eigenvalue weighted by Crippen LogP contribution is -1.94. The van der Waals surface area contributed by atoms with Crippen LogP contribution in [0.5, 0.6) is 0 Å². The fourth-order valence-corrected chi connectivity index (χ4v) is 9.41. The minimum Gasteiger partial charge on any atom is -0.309 e. The predicted octanol–water partition coefficient (Wildman–Crippen LogP) is 15.1. The highest BCUT2D eigenvalue weighted by atomic mass is 15.0. The number of nitrogens with zero attached hydrogens (tertiary/aromatic N) is 3. The Hall–Kier alpha value is -8.01. The van der Waals surface area contributed by atoms with Gasteiger partial charge in [-0.25, -0.2) is 0 Å². The van der Waals surface area contributed by atoms with Crippen LogP contribution in [-0.4, -0.2) is 14.1 Å². The number of aromatic nitrogens is 3. The summed E-state index contributed by atoms with van der Waals surface area (Å²) in [6.07, 6.45) is 3.88. The highest BCUT2D eigenvalue weighted by molar-refractivity contribution is 6.24. The first-order valence-corrected chi connectivity index (χ1v) is 20.5. The Balaban J connectivity index is 0.966. The average Bonchev–Trinajstić information content (AvgIpc) is 3.85. The molecule has 3 heterocycles. The van der Waals surface area contributed by atoms with E-state index in [0.29, 0.717) is 0 Å². The minimum absolute atomic E-state index is 1.10. The van der Waals surface area contributed by atoms with Crippen molar-refractivity contribution in [2.75, 3.05) is 0 Å². The van der Waals surface area contributed by atoms with Gasteiger partial charge in [0.05, 0.1) is 22.1 Å². The van der Waals surface area contributed by atoms with E-state index >= 15 is 0 Å². The van der Waals surface area contributed by atoms with Crippen LogP contribution in [0.1, 0.15) is 0 Å². The maximum Gasteiger partial charge on any atom is 0.0553 e. The second kappa shape index (κ2) is 13.8. The van der Waals surface area contributed by atoms with Crippen molar-refractivity contribution >= 4 is 54.4 Å². The summed E-state index contributed by atoms with van der Waals surface area (Å²) in [5.41, 5.74) is 16.4. The van der Waals surface area contributed by atoms with Gasteiger partial charge in [0.15, 0.2) is 0 Å². The largest absolute Gasteiger partial charge is 0.309 e. The van der Waals surface area contributed by atoms with Crippen molar-refractivity contribution in [2.24, 2.45) is 0 Å². The van der Waals surface area contributed by atoms with Crippen LogP contribution < -0.4 is 0 Å². The maximum atomic E-state index is 4.59. The third-order valence-corrected chi connectivity index (χ3v) is 12.2. The smallest absolute Gasteiger partial charge is 0.0553 e. The normalized spacial score (nSPS) is 11.7. The molecule has 60 heavy (non-hydrogen) atoms. The van der Waals surface area contributed by atoms with Gasteiger partial charge < -0.3 is 9.13 Å². The van der Waals surface area contributed by atoms with Gasteiger partial charge in [0.1, 0.15) is 0 Å². The molecular formula is C57H37N3. The monoisotopic (exact) mass is 763 g/mol. The van der Waals surface area contributed by atoms with Gasteiger partial charge in [0, 0.05) is 56.4 Å². The molecule has 0 unspecified atom stereocenters. The molecule has 0 atom stereocenters. The van der Waals surface area contributed by atoms with Crippen LogP contribution in [0.4, 0.5) is 0 Å². The first-order chi connectivity index (χ1) is 29.8. The number of hydrogen-bond acceptors (Lipinski definition) is 1. The first-order valence-electron chi connectivity index (χ1n) is 20.5. The fourth-order valence-electron chi connectivity index (χ4n) is 9.41. The molecule has 0 bridgehead atoms. The Morgan fingerprint density at radius 1 is 0.267 bits per heavy atom. The molecule has 0 radical (unpaired) electrons. The summed E-state index contributed by atoms with van der Waals surface area (Å²) in [5, 5.41) is 7.54. The van der Waals surface area contributed by atoms with Crippen molar-refractivity contribution in [2.45, 2.75) is 0 Å². The molecule has 3 aromatic heterocycles. The molecule has 0 spiro atoms. The van der Waals surface area contributed by atoms with E-state index < -0.39 is 0 Å². The predicted molar refractivity (Wildman–Crippen MR) is 252 cm³/mol. The van der Waals surface area contributed by atoms with Crippen molar-refractivity contribution in [3.05, 3.63) is 225 Å². The van der Waals surface area contributed by atoms with Crippen LogP contribution in [0.25, 0.3) is 110 Å². The molecule has 12 aromatic rings. The Kier molecular flexibility index (Phi) is 7.85. The molecule has 0 saturated carbocycles. The number of hydrogen-bond donors (Lipinski definition) is 0. The standard InChI is InChI=1S/C57H37N3/c1-3-14-38(15-4-1)43-33-44(37-58-36-43)39-26-29-46(30-27-39)59-53-24-11-9-21-48(53)52-34-41(28-31-55(52)59)40-16-13-17-42(32-40)51-35-56-57(49-22-8-7-20-47(49)51)50-23-10-12-25-54(50)60(56)45-18-5-2-6-19-45/h1-37H. The molecule has 0 amide bonds. The van der Waals surface area contributed by atoms with Gasteiger partial charge in [-0.3, -0.25) is 4.98 Å². The molecular weight excluding hydrogens is 727 g/mol. The van der Waals surface area contributed by atoms with Gasteiger partial charge in [-0.15, -0.1) is 0 Å². The van der Waals surface area contributed by atoms with E-state index in [0.717, 1.165) is 33.6 Å². The van der Waals surface area contributed by atoms with E-state index in [4.69, 9.17) is 0 Å². The Bertz CT molecular complexity index is 3580. The lowest BCUT2D eigenvalue weighted by atomic mass is 9.92. The zero-order chi connectivity index (χ0) is 39.6. The summed E-state index contributed by atoms with van der Waals surface area (Å²) in [7, 11) is 0. The molecule has 0 aliphatic rings. The van der Waals surface area contributed by atoms with Gasteiger partial charge in [0.2, 0.25) is 0 Å². The quantitative estimate of drug-likeness (QED) is 0.165.